The van der Waals surface area contributed by atoms with Crippen LogP contribution in [-0.4, -0.2) is 29.2 Å². The normalized spacial score (nSPS) is 11.8. The summed E-state index contributed by atoms with van der Waals surface area (Å²) in [7, 11) is 0. The van der Waals surface area contributed by atoms with Gasteiger partial charge in [-0.25, -0.2) is 4.98 Å². The number of amides is 1. The molecule has 0 radical (unpaired) electrons. The summed E-state index contributed by atoms with van der Waals surface area (Å²) in [4.78, 5) is 16.6. The van der Waals surface area contributed by atoms with Crippen LogP contribution in [0.25, 0.3) is 0 Å². The number of unbranched alkanes of at least 4 members (excludes halogenated alkanes) is 1. The van der Waals surface area contributed by atoms with Crippen molar-refractivity contribution >= 4 is 5.91 Å². The number of hydrogen-bond donors (Lipinski definition) is 2. The Morgan fingerprint density at radius 3 is 2.75 bits per heavy atom. The van der Waals surface area contributed by atoms with Crippen molar-refractivity contribution in [1.82, 2.24) is 10.3 Å². The Labute approximate surface area is 142 Å². The molecule has 128 valence electrons. The van der Waals surface area contributed by atoms with Gasteiger partial charge in [-0.05, 0) is 18.1 Å². The van der Waals surface area contributed by atoms with Crippen LogP contribution < -0.4 is 10.1 Å². The molecule has 0 aliphatic rings. The van der Waals surface area contributed by atoms with E-state index >= 15 is 0 Å². The van der Waals surface area contributed by atoms with Gasteiger partial charge in [0.05, 0.1) is 19.1 Å². The predicted octanol–water partition coefficient (Wildman–Crippen LogP) is 2.65. The molecule has 1 aromatic carbocycles. The van der Waals surface area contributed by atoms with Crippen molar-refractivity contribution in [3.05, 3.63) is 59.8 Å². The first-order valence-corrected chi connectivity index (χ1v) is 8.26. The molecule has 0 spiro atoms. The Balaban J connectivity index is 1.98. The van der Waals surface area contributed by atoms with Gasteiger partial charge in [-0.2, -0.15) is 0 Å². The predicted molar refractivity (Wildman–Crippen MR) is 92.8 cm³/mol. The van der Waals surface area contributed by atoms with Gasteiger partial charge in [-0.1, -0.05) is 49.7 Å². The number of carbonyl (C=O) groups is 1. The third-order valence-electron chi connectivity index (χ3n) is 3.74. The maximum atomic E-state index is 12.4. The molecule has 2 N–H and O–H groups in total. The van der Waals surface area contributed by atoms with Gasteiger partial charge in [0, 0.05) is 18.3 Å². The summed E-state index contributed by atoms with van der Waals surface area (Å²) in [6.07, 6.45) is 3.68. The van der Waals surface area contributed by atoms with Crippen LogP contribution in [0.3, 0.4) is 0 Å². The van der Waals surface area contributed by atoms with Crippen LogP contribution in [0.15, 0.2) is 48.7 Å². The van der Waals surface area contributed by atoms with Crippen LogP contribution in [0.5, 0.6) is 5.88 Å². The van der Waals surface area contributed by atoms with Gasteiger partial charge in [0.2, 0.25) is 11.8 Å². The lowest BCUT2D eigenvalue weighted by molar-refractivity contribution is -0.123. The summed E-state index contributed by atoms with van der Waals surface area (Å²) < 4.78 is 5.67. The van der Waals surface area contributed by atoms with Crippen molar-refractivity contribution in [2.24, 2.45) is 0 Å². The number of pyridine rings is 1. The van der Waals surface area contributed by atoms with Crippen molar-refractivity contribution in [1.29, 1.82) is 0 Å². The number of nitrogens with one attached hydrogen (secondary N) is 1. The lowest BCUT2D eigenvalue weighted by Gasteiger charge is -2.16. The zero-order valence-electron chi connectivity index (χ0n) is 13.9. The van der Waals surface area contributed by atoms with Crippen molar-refractivity contribution in [3.63, 3.8) is 0 Å². The van der Waals surface area contributed by atoms with Crippen LogP contribution in [0.4, 0.5) is 0 Å². The van der Waals surface area contributed by atoms with E-state index in [4.69, 9.17) is 4.74 Å². The van der Waals surface area contributed by atoms with Crippen LogP contribution >= 0.6 is 0 Å². The summed E-state index contributed by atoms with van der Waals surface area (Å²) in [5, 5.41) is 12.4. The highest BCUT2D eigenvalue weighted by molar-refractivity contribution is 5.83. The maximum Gasteiger partial charge on any atom is 0.230 e. The Bertz CT molecular complexity index is 632. The first kappa shape index (κ1) is 17.9. The second-order valence-electron chi connectivity index (χ2n) is 5.53. The molecule has 0 fully saturated rings. The third kappa shape index (κ3) is 5.06. The lowest BCUT2D eigenvalue weighted by Crippen LogP contribution is -2.31. The summed E-state index contributed by atoms with van der Waals surface area (Å²) in [5.41, 5.74) is 1.62. The fraction of sp³-hybridized carbons (Fsp3) is 0.368. The standard InChI is InChI=1S/C19H24N2O3/c1-2-3-12-24-19-16(10-7-11-20-19)13-21-18(23)17(14-22)15-8-5-4-6-9-15/h4-11,17,22H,2-3,12-14H2,1H3,(H,21,23). The fourth-order valence-electron chi connectivity index (χ4n) is 2.33. The molecular weight excluding hydrogens is 304 g/mol. The molecule has 1 heterocycles. The third-order valence-corrected chi connectivity index (χ3v) is 3.74. The molecule has 0 saturated heterocycles. The number of rotatable bonds is 9. The number of aromatic nitrogens is 1. The Kier molecular flexibility index (Phi) is 7.23. The first-order chi connectivity index (χ1) is 11.8. The van der Waals surface area contributed by atoms with Gasteiger partial charge in [0.1, 0.15) is 0 Å². The van der Waals surface area contributed by atoms with Crippen molar-refractivity contribution in [2.45, 2.75) is 32.2 Å². The number of hydrogen-bond acceptors (Lipinski definition) is 4. The zero-order chi connectivity index (χ0) is 17.2. The second-order valence-corrected chi connectivity index (χ2v) is 5.53. The van der Waals surface area contributed by atoms with Gasteiger partial charge in [0.25, 0.3) is 0 Å². The van der Waals surface area contributed by atoms with E-state index in [1.54, 1.807) is 6.20 Å². The Morgan fingerprint density at radius 2 is 2.04 bits per heavy atom. The van der Waals surface area contributed by atoms with Crippen LogP contribution in [0.2, 0.25) is 0 Å². The van der Waals surface area contributed by atoms with E-state index in [2.05, 4.69) is 17.2 Å². The number of aliphatic hydroxyl groups excluding tert-OH is 1. The Morgan fingerprint density at radius 1 is 1.25 bits per heavy atom. The monoisotopic (exact) mass is 328 g/mol. The van der Waals surface area contributed by atoms with Crippen molar-refractivity contribution < 1.29 is 14.6 Å². The highest BCUT2D eigenvalue weighted by Crippen LogP contribution is 2.17. The molecule has 2 rings (SSSR count). The topological polar surface area (TPSA) is 71.5 Å². The molecule has 24 heavy (non-hydrogen) atoms. The molecule has 0 aliphatic heterocycles. The highest BCUT2D eigenvalue weighted by atomic mass is 16.5. The van der Waals surface area contributed by atoms with E-state index < -0.39 is 5.92 Å². The minimum atomic E-state index is -0.577. The van der Waals surface area contributed by atoms with E-state index in [0.717, 1.165) is 24.0 Å². The molecule has 0 saturated carbocycles. The summed E-state index contributed by atoms with van der Waals surface area (Å²) in [5.74, 6) is -0.245. The summed E-state index contributed by atoms with van der Waals surface area (Å²) in [6, 6.07) is 13.0. The molecule has 0 aliphatic carbocycles. The molecule has 5 nitrogen and oxygen atoms in total. The van der Waals surface area contributed by atoms with Gasteiger partial charge >= 0.3 is 0 Å². The average Bonchev–Trinajstić information content (AvgIpc) is 2.62. The van der Waals surface area contributed by atoms with Crippen LogP contribution in [0.1, 0.15) is 36.8 Å². The quantitative estimate of drug-likeness (QED) is 0.694. The molecule has 1 atom stereocenters. The highest BCUT2D eigenvalue weighted by Gasteiger charge is 2.19. The molecule has 1 aromatic heterocycles. The largest absolute Gasteiger partial charge is 0.477 e. The number of aliphatic hydroxyl groups is 1. The average molecular weight is 328 g/mol. The lowest BCUT2D eigenvalue weighted by atomic mass is 9.99. The van der Waals surface area contributed by atoms with E-state index in [-0.39, 0.29) is 12.5 Å². The van der Waals surface area contributed by atoms with E-state index in [1.165, 1.54) is 0 Å². The number of ether oxygens (including phenoxy) is 1. The Hall–Kier alpha value is -2.40. The van der Waals surface area contributed by atoms with Crippen molar-refractivity contribution in [2.75, 3.05) is 13.2 Å². The molecule has 0 bridgehead atoms. The first-order valence-electron chi connectivity index (χ1n) is 8.26. The smallest absolute Gasteiger partial charge is 0.230 e. The second kappa shape index (κ2) is 9.67. The molecule has 5 heteroatoms. The van der Waals surface area contributed by atoms with Crippen LogP contribution in [-0.2, 0) is 11.3 Å². The van der Waals surface area contributed by atoms with Gasteiger partial charge in [0.15, 0.2) is 0 Å². The minimum absolute atomic E-state index is 0.216. The van der Waals surface area contributed by atoms with E-state index in [0.29, 0.717) is 19.0 Å². The van der Waals surface area contributed by atoms with Gasteiger partial charge < -0.3 is 15.2 Å². The molecule has 2 aromatic rings. The molecular formula is C19H24N2O3. The SMILES string of the molecule is CCCCOc1ncccc1CNC(=O)C(CO)c1ccccc1. The summed E-state index contributed by atoms with van der Waals surface area (Å²) >= 11 is 0. The van der Waals surface area contributed by atoms with Gasteiger partial charge in [-0.15, -0.1) is 0 Å². The molecule has 1 unspecified atom stereocenters. The fourth-order valence-corrected chi connectivity index (χ4v) is 2.33. The van der Waals surface area contributed by atoms with Crippen molar-refractivity contribution in [3.8, 4) is 5.88 Å². The van der Waals surface area contributed by atoms with E-state index in [1.807, 2.05) is 42.5 Å². The maximum absolute atomic E-state index is 12.4. The van der Waals surface area contributed by atoms with E-state index in [9.17, 15) is 9.90 Å². The molecule has 1 amide bonds. The van der Waals surface area contributed by atoms with Gasteiger partial charge in [-0.3, -0.25) is 4.79 Å². The summed E-state index contributed by atoms with van der Waals surface area (Å²) in [6.45, 7) is 2.79. The number of benzene rings is 1. The van der Waals surface area contributed by atoms with Crippen LogP contribution in [0, 0.1) is 0 Å². The zero-order valence-corrected chi connectivity index (χ0v) is 13.9. The number of carbonyl (C=O) groups excluding carboxylic acids is 1. The number of nitrogens with zero attached hydrogens (tertiary/aromatic N) is 1. The minimum Gasteiger partial charge on any atom is -0.477 e.